The Morgan fingerprint density at radius 1 is 1.32 bits per heavy atom. The Morgan fingerprint density at radius 3 is 2.61 bits per heavy atom. The van der Waals surface area contributed by atoms with Crippen molar-refractivity contribution in [1.29, 1.82) is 0 Å². The number of aliphatic imine (C=N–C) groups is 1. The fraction of sp³-hybridized carbons (Fsp3) is 0.619. The molecule has 1 aromatic rings. The van der Waals surface area contributed by atoms with Crippen LogP contribution in [0.1, 0.15) is 45.1 Å². The molecule has 1 aromatic carbocycles. The Kier molecular flexibility index (Phi) is 9.05. The van der Waals surface area contributed by atoms with Crippen LogP contribution in [0.2, 0.25) is 0 Å². The maximum absolute atomic E-state index is 12.0. The van der Waals surface area contributed by atoms with Gasteiger partial charge in [0.15, 0.2) is 5.96 Å². The third-order valence-corrected chi connectivity index (χ3v) is 6.06. The standard InChI is InChI=1S/C21H30BrN3O2.HI/c1-3-23-20(25-12-8-16(9-13-25)19(26)27-4-2)24-15-21(10-11-21)17-6-5-7-18(22)14-17;/h5-7,14,16H,3-4,8-13,15H2,1-2H3,(H,23,24);1H. The van der Waals surface area contributed by atoms with Crippen molar-refractivity contribution in [3.63, 3.8) is 0 Å². The second-order valence-electron chi connectivity index (χ2n) is 7.47. The van der Waals surface area contributed by atoms with Crippen molar-refractivity contribution in [1.82, 2.24) is 10.2 Å². The Bertz CT molecular complexity index is 686. The first-order chi connectivity index (χ1) is 13.1. The number of halogens is 2. The number of piperidine rings is 1. The van der Waals surface area contributed by atoms with Crippen molar-refractivity contribution in [3.8, 4) is 0 Å². The topological polar surface area (TPSA) is 53.9 Å². The maximum Gasteiger partial charge on any atom is 0.309 e. The van der Waals surface area contributed by atoms with Crippen LogP contribution >= 0.6 is 39.9 Å². The van der Waals surface area contributed by atoms with Crippen LogP contribution in [0.3, 0.4) is 0 Å². The number of hydrogen-bond acceptors (Lipinski definition) is 3. The molecule has 7 heteroatoms. The Morgan fingerprint density at radius 2 is 2.04 bits per heavy atom. The molecule has 0 amide bonds. The molecule has 2 fully saturated rings. The highest BCUT2D eigenvalue weighted by molar-refractivity contribution is 14.0. The first-order valence-corrected chi connectivity index (χ1v) is 10.8. The van der Waals surface area contributed by atoms with Gasteiger partial charge in [-0.2, -0.15) is 0 Å². The second kappa shape index (κ2) is 10.8. The van der Waals surface area contributed by atoms with Gasteiger partial charge in [0.2, 0.25) is 0 Å². The van der Waals surface area contributed by atoms with E-state index in [9.17, 15) is 4.79 Å². The molecule has 0 radical (unpaired) electrons. The van der Waals surface area contributed by atoms with Gasteiger partial charge in [0.25, 0.3) is 0 Å². The fourth-order valence-corrected chi connectivity index (χ4v) is 4.15. The van der Waals surface area contributed by atoms with Gasteiger partial charge in [-0.3, -0.25) is 9.79 Å². The summed E-state index contributed by atoms with van der Waals surface area (Å²) in [6.07, 6.45) is 4.05. The molecule has 1 saturated carbocycles. The first-order valence-electron chi connectivity index (χ1n) is 10.0. The van der Waals surface area contributed by atoms with Crippen LogP contribution in [0, 0.1) is 5.92 Å². The number of carbonyl (C=O) groups is 1. The highest BCUT2D eigenvalue weighted by Crippen LogP contribution is 2.48. The van der Waals surface area contributed by atoms with E-state index in [0.717, 1.165) is 49.5 Å². The number of nitrogens with zero attached hydrogens (tertiary/aromatic N) is 2. The summed E-state index contributed by atoms with van der Waals surface area (Å²) in [4.78, 5) is 19.2. The molecular formula is C21H31BrIN3O2. The van der Waals surface area contributed by atoms with Crippen LogP contribution in [-0.4, -0.2) is 49.6 Å². The number of esters is 1. The zero-order valence-corrected chi connectivity index (χ0v) is 20.7. The van der Waals surface area contributed by atoms with Crippen molar-refractivity contribution in [2.45, 2.75) is 44.9 Å². The molecule has 0 spiro atoms. The van der Waals surface area contributed by atoms with E-state index >= 15 is 0 Å². The van der Waals surface area contributed by atoms with E-state index in [4.69, 9.17) is 9.73 Å². The van der Waals surface area contributed by atoms with Crippen LogP contribution < -0.4 is 5.32 Å². The van der Waals surface area contributed by atoms with Gasteiger partial charge < -0.3 is 15.0 Å². The summed E-state index contributed by atoms with van der Waals surface area (Å²) < 4.78 is 6.30. The predicted octanol–water partition coefficient (Wildman–Crippen LogP) is 4.34. The van der Waals surface area contributed by atoms with E-state index in [1.54, 1.807) is 0 Å². The van der Waals surface area contributed by atoms with Crippen LogP contribution in [0.5, 0.6) is 0 Å². The van der Waals surface area contributed by atoms with Gasteiger partial charge in [-0.15, -0.1) is 24.0 Å². The van der Waals surface area contributed by atoms with Gasteiger partial charge in [-0.1, -0.05) is 28.1 Å². The number of guanidine groups is 1. The Hall–Kier alpha value is -0.830. The van der Waals surface area contributed by atoms with Crippen molar-refractivity contribution >= 4 is 51.8 Å². The second-order valence-corrected chi connectivity index (χ2v) is 8.39. The lowest BCUT2D eigenvalue weighted by atomic mass is 9.96. The Labute approximate surface area is 193 Å². The number of rotatable bonds is 6. The van der Waals surface area contributed by atoms with E-state index < -0.39 is 0 Å². The predicted molar refractivity (Wildman–Crippen MR) is 127 cm³/mol. The van der Waals surface area contributed by atoms with E-state index in [2.05, 4.69) is 57.3 Å². The summed E-state index contributed by atoms with van der Waals surface area (Å²) in [5.74, 6) is 0.951. The number of carbonyl (C=O) groups excluding carboxylic acids is 1. The van der Waals surface area contributed by atoms with Crippen LogP contribution in [0.4, 0.5) is 0 Å². The summed E-state index contributed by atoms with van der Waals surface area (Å²) in [6.45, 7) is 7.77. The van der Waals surface area contributed by atoms with Crippen molar-refractivity contribution in [3.05, 3.63) is 34.3 Å². The Balaban J connectivity index is 0.00000280. The lowest BCUT2D eigenvalue weighted by Gasteiger charge is -2.33. The fourth-order valence-electron chi connectivity index (χ4n) is 3.75. The number of ether oxygens (including phenoxy) is 1. The van der Waals surface area contributed by atoms with Gasteiger partial charge in [0, 0.05) is 29.5 Å². The summed E-state index contributed by atoms with van der Waals surface area (Å²) in [5, 5.41) is 3.44. The van der Waals surface area contributed by atoms with Gasteiger partial charge in [-0.05, 0) is 57.2 Å². The normalized spacial score (nSPS) is 19.0. The molecule has 156 valence electrons. The third kappa shape index (κ3) is 5.84. The number of nitrogens with one attached hydrogen (secondary N) is 1. The monoisotopic (exact) mass is 563 g/mol. The minimum atomic E-state index is -0.0503. The van der Waals surface area contributed by atoms with Gasteiger partial charge in [0.05, 0.1) is 19.1 Å². The van der Waals surface area contributed by atoms with E-state index in [1.165, 1.54) is 18.4 Å². The largest absolute Gasteiger partial charge is 0.466 e. The van der Waals surface area contributed by atoms with Gasteiger partial charge >= 0.3 is 5.97 Å². The van der Waals surface area contributed by atoms with Crippen LogP contribution in [0.15, 0.2) is 33.7 Å². The lowest BCUT2D eigenvalue weighted by Crippen LogP contribution is -2.47. The summed E-state index contributed by atoms with van der Waals surface area (Å²) in [6, 6.07) is 8.61. The van der Waals surface area contributed by atoms with E-state index in [0.29, 0.717) is 6.61 Å². The highest BCUT2D eigenvalue weighted by Gasteiger charge is 2.44. The average Bonchev–Trinajstić information content (AvgIpc) is 3.47. The molecule has 1 heterocycles. The summed E-state index contributed by atoms with van der Waals surface area (Å²) >= 11 is 3.58. The van der Waals surface area contributed by atoms with Crippen molar-refractivity contribution in [2.75, 3.05) is 32.8 Å². The zero-order valence-electron chi connectivity index (χ0n) is 16.7. The van der Waals surface area contributed by atoms with E-state index in [1.807, 2.05) is 6.92 Å². The molecule has 0 bridgehead atoms. The molecule has 28 heavy (non-hydrogen) atoms. The molecule has 2 aliphatic rings. The molecular weight excluding hydrogens is 533 g/mol. The van der Waals surface area contributed by atoms with Gasteiger partial charge in [0.1, 0.15) is 0 Å². The van der Waals surface area contributed by atoms with Crippen LogP contribution in [0.25, 0.3) is 0 Å². The molecule has 5 nitrogen and oxygen atoms in total. The van der Waals surface area contributed by atoms with Crippen molar-refractivity contribution in [2.24, 2.45) is 10.9 Å². The summed E-state index contributed by atoms with van der Waals surface area (Å²) in [7, 11) is 0. The molecule has 0 unspecified atom stereocenters. The van der Waals surface area contributed by atoms with Crippen LogP contribution in [-0.2, 0) is 14.9 Å². The quantitative estimate of drug-likeness (QED) is 0.242. The molecule has 1 saturated heterocycles. The molecule has 3 rings (SSSR count). The number of hydrogen-bond donors (Lipinski definition) is 1. The molecule has 0 aromatic heterocycles. The minimum absolute atomic E-state index is 0. The highest BCUT2D eigenvalue weighted by atomic mass is 127. The minimum Gasteiger partial charge on any atom is -0.466 e. The SMILES string of the molecule is CCNC(=NCC1(c2cccc(Br)c2)CC1)N1CCC(C(=O)OCC)CC1.I. The average molecular weight is 564 g/mol. The van der Waals surface area contributed by atoms with Crippen molar-refractivity contribution < 1.29 is 9.53 Å². The maximum atomic E-state index is 12.0. The molecule has 0 atom stereocenters. The third-order valence-electron chi connectivity index (χ3n) is 5.57. The first kappa shape index (κ1) is 23.4. The number of likely N-dealkylation sites (tertiary alicyclic amines) is 1. The lowest BCUT2D eigenvalue weighted by molar-refractivity contribution is -0.149. The van der Waals surface area contributed by atoms with Gasteiger partial charge in [-0.25, -0.2) is 0 Å². The number of benzene rings is 1. The molecule has 1 N–H and O–H groups in total. The summed E-state index contributed by atoms with van der Waals surface area (Å²) in [5.41, 5.74) is 1.56. The smallest absolute Gasteiger partial charge is 0.309 e. The zero-order chi connectivity index (χ0) is 19.3. The molecule has 1 aliphatic carbocycles. The van der Waals surface area contributed by atoms with E-state index in [-0.39, 0.29) is 41.3 Å². The molecule has 1 aliphatic heterocycles.